The van der Waals surface area contributed by atoms with E-state index in [-0.39, 0.29) is 18.7 Å². The summed E-state index contributed by atoms with van der Waals surface area (Å²) < 4.78 is 5.24. The number of carbonyl (C=O) groups is 2. The lowest BCUT2D eigenvalue weighted by atomic mass is 10.2. The predicted octanol–water partition coefficient (Wildman–Crippen LogP) is 0.670. The first-order valence-electron chi connectivity index (χ1n) is 5.71. The van der Waals surface area contributed by atoms with Gasteiger partial charge in [0.15, 0.2) is 0 Å². The maximum atomic E-state index is 11.7. The van der Waals surface area contributed by atoms with Crippen molar-refractivity contribution in [2.45, 2.75) is 38.8 Å². The maximum absolute atomic E-state index is 11.7. The van der Waals surface area contributed by atoms with Crippen molar-refractivity contribution in [1.82, 2.24) is 10.2 Å². The number of hydrogen-bond acceptors (Lipinski definition) is 4. The molecule has 1 fully saturated rings. The number of carboxylic acids is 1. The highest BCUT2D eigenvalue weighted by molar-refractivity contribution is 5.69. The van der Waals surface area contributed by atoms with Crippen LogP contribution < -0.4 is 5.32 Å². The van der Waals surface area contributed by atoms with E-state index in [9.17, 15) is 9.59 Å². The van der Waals surface area contributed by atoms with Crippen molar-refractivity contribution in [3.05, 3.63) is 0 Å². The Bertz CT molecular complexity index is 298. The molecule has 0 aromatic heterocycles. The molecule has 2 N–H and O–H groups in total. The molecule has 1 amide bonds. The summed E-state index contributed by atoms with van der Waals surface area (Å²) in [6, 6.07) is 0.0404. The maximum Gasteiger partial charge on any atom is 0.410 e. The minimum atomic E-state index is -0.888. The van der Waals surface area contributed by atoms with Gasteiger partial charge in [-0.2, -0.15) is 0 Å². The van der Waals surface area contributed by atoms with E-state index in [2.05, 4.69) is 5.32 Å². The van der Waals surface area contributed by atoms with Crippen LogP contribution in [0.3, 0.4) is 0 Å². The van der Waals surface area contributed by atoms with E-state index in [1.54, 1.807) is 4.90 Å². The molecule has 0 spiro atoms. The molecule has 0 saturated carbocycles. The van der Waals surface area contributed by atoms with Crippen molar-refractivity contribution in [1.29, 1.82) is 0 Å². The third kappa shape index (κ3) is 5.04. The zero-order valence-electron chi connectivity index (χ0n) is 10.5. The van der Waals surface area contributed by atoms with Gasteiger partial charge in [-0.1, -0.05) is 0 Å². The van der Waals surface area contributed by atoms with Crippen LogP contribution in [-0.2, 0) is 9.53 Å². The summed E-state index contributed by atoms with van der Waals surface area (Å²) in [5.41, 5.74) is -0.496. The highest BCUT2D eigenvalue weighted by Crippen LogP contribution is 2.15. The summed E-state index contributed by atoms with van der Waals surface area (Å²) in [6.07, 6.45) is 0.420. The topological polar surface area (TPSA) is 78.9 Å². The first-order valence-corrected chi connectivity index (χ1v) is 5.71. The van der Waals surface area contributed by atoms with Crippen LogP contribution >= 0.6 is 0 Å². The number of likely N-dealkylation sites (tertiary alicyclic amines) is 1. The number of nitrogens with zero attached hydrogens (tertiary/aromatic N) is 1. The molecule has 1 aliphatic rings. The van der Waals surface area contributed by atoms with Crippen LogP contribution in [-0.4, -0.2) is 53.3 Å². The minimum absolute atomic E-state index is 0.0404. The van der Waals surface area contributed by atoms with Crippen LogP contribution in [0, 0.1) is 0 Å². The first-order chi connectivity index (χ1) is 7.78. The number of rotatable bonds is 3. The molecular weight excluding hydrogens is 224 g/mol. The number of ether oxygens (including phenoxy) is 1. The van der Waals surface area contributed by atoms with E-state index < -0.39 is 11.6 Å². The van der Waals surface area contributed by atoms with Crippen molar-refractivity contribution in [2.24, 2.45) is 0 Å². The van der Waals surface area contributed by atoms with Gasteiger partial charge < -0.3 is 20.1 Å². The molecule has 1 aliphatic heterocycles. The molecule has 1 atom stereocenters. The third-order valence-electron chi connectivity index (χ3n) is 2.38. The Morgan fingerprint density at radius 1 is 1.47 bits per heavy atom. The van der Waals surface area contributed by atoms with E-state index in [1.165, 1.54) is 0 Å². The van der Waals surface area contributed by atoms with Gasteiger partial charge in [0.05, 0.1) is 6.54 Å². The molecule has 0 aliphatic carbocycles. The molecule has 0 unspecified atom stereocenters. The largest absolute Gasteiger partial charge is 0.480 e. The number of carbonyl (C=O) groups excluding carboxylic acids is 1. The second-order valence-corrected chi connectivity index (χ2v) is 5.19. The van der Waals surface area contributed by atoms with Crippen LogP contribution in [0.5, 0.6) is 0 Å². The Labute approximate surface area is 101 Å². The lowest BCUT2D eigenvalue weighted by Gasteiger charge is -2.24. The van der Waals surface area contributed by atoms with Crippen LogP contribution in [0.1, 0.15) is 27.2 Å². The Kier molecular flexibility index (Phi) is 4.34. The fourth-order valence-electron chi connectivity index (χ4n) is 1.65. The Hall–Kier alpha value is -1.30. The molecular formula is C11H20N2O4. The Morgan fingerprint density at radius 3 is 2.65 bits per heavy atom. The normalized spacial score (nSPS) is 20.4. The van der Waals surface area contributed by atoms with Crippen molar-refractivity contribution in [2.75, 3.05) is 19.6 Å². The van der Waals surface area contributed by atoms with Crippen molar-refractivity contribution in [3.63, 3.8) is 0 Å². The predicted molar refractivity (Wildman–Crippen MR) is 61.9 cm³/mol. The lowest BCUT2D eigenvalue weighted by Crippen LogP contribution is -2.39. The second-order valence-electron chi connectivity index (χ2n) is 5.19. The molecule has 6 nitrogen and oxygen atoms in total. The summed E-state index contributed by atoms with van der Waals surface area (Å²) in [5.74, 6) is -0.888. The van der Waals surface area contributed by atoms with Crippen molar-refractivity contribution in [3.8, 4) is 0 Å². The molecule has 1 saturated heterocycles. The first kappa shape index (κ1) is 13.8. The van der Waals surface area contributed by atoms with Crippen molar-refractivity contribution >= 4 is 12.1 Å². The Morgan fingerprint density at radius 2 is 2.12 bits per heavy atom. The number of aliphatic carboxylic acids is 1. The van der Waals surface area contributed by atoms with Crippen LogP contribution in [0.4, 0.5) is 4.79 Å². The van der Waals surface area contributed by atoms with Gasteiger partial charge in [0.2, 0.25) is 0 Å². The monoisotopic (exact) mass is 244 g/mol. The van der Waals surface area contributed by atoms with Crippen LogP contribution in [0.15, 0.2) is 0 Å². The molecule has 17 heavy (non-hydrogen) atoms. The van der Waals surface area contributed by atoms with Crippen LogP contribution in [0.2, 0.25) is 0 Å². The highest BCUT2D eigenvalue weighted by Gasteiger charge is 2.29. The zero-order valence-corrected chi connectivity index (χ0v) is 10.5. The van der Waals surface area contributed by atoms with Gasteiger partial charge in [0, 0.05) is 19.1 Å². The standard InChI is InChI=1S/C11H20N2O4/c1-11(2,3)17-10(16)13-5-4-8(7-13)12-6-9(14)15/h8,12H,4-7H2,1-3H3,(H,14,15)/t8-/m1/s1. The summed E-state index contributed by atoms with van der Waals surface area (Å²) in [5, 5.41) is 11.4. The quantitative estimate of drug-likeness (QED) is 0.763. The van der Waals surface area contributed by atoms with Gasteiger partial charge in [-0.15, -0.1) is 0 Å². The molecule has 6 heteroatoms. The Balaban J connectivity index is 2.34. The molecule has 0 bridgehead atoms. The number of amides is 1. The van der Waals surface area contributed by atoms with Gasteiger partial charge in [-0.05, 0) is 27.2 Å². The number of nitrogens with one attached hydrogen (secondary N) is 1. The fourth-order valence-corrected chi connectivity index (χ4v) is 1.65. The molecule has 1 rings (SSSR count). The van der Waals surface area contributed by atoms with E-state index >= 15 is 0 Å². The van der Waals surface area contributed by atoms with Gasteiger partial charge in [-0.3, -0.25) is 4.79 Å². The second kappa shape index (κ2) is 5.35. The van der Waals surface area contributed by atoms with E-state index in [4.69, 9.17) is 9.84 Å². The average molecular weight is 244 g/mol. The molecule has 98 valence electrons. The molecule has 0 aromatic carbocycles. The summed E-state index contributed by atoms with van der Waals surface area (Å²) in [7, 11) is 0. The molecule has 0 aromatic rings. The van der Waals surface area contributed by atoms with Gasteiger partial charge in [0.1, 0.15) is 5.60 Å². The van der Waals surface area contributed by atoms with E-state index in [0.717, 1.165) is 6.42 Å². The lowest BCUT2D eigenvalue weighted by molar-refractivity contribution is -0.136. The third-order valence-corrected chi connectivity index (χ3v) is 2.38. The fraction of sp³-hybridized carbons (Fsp3) is 0.818. The van der Waals surface area contributed by atoms with Gasteiger partial charge >= 0.3 is 12.1 Å². The number of hydrogen-bond donors (Lipinski definition) is 2. The van der Waals surface area contributed by atoms with Crippen molar-refractivity contribution < 1.29 is 19.4 Å². The molecule has 1 heterocycles. The summed E-state index contributed by atoms with van der Waals surface area (Å²) in [6.45, 7) is 6.49. The minimum Gasteiger partial charge on any atom is -0.480 e. The SMILES string of the molecule is CC(C)(C)OC(=O)N1CC[C@@H](NCC(=O)O)C1. The van der Waals surface area contributed by atoms with E-state index in [0.29, 0.717) is 13.1 Å². The van der Waals surface area contributed by atoms with Gasteiger partial charge in [0.25, 0.3) is 0 Å². The van der Waals surface area contributed by atoms with Gasteiger partial charge in [-0.25, -0.2) is 4.79 Å². The highest BCUT2D eigenvalue weighted by atomic mass is 16.6. The van der Waals surface area contributed by atoms with E-state index in [1.807, 2.05) is 20.8 Å². The molecule has 0 radical (unpaired) electrons. The smallest absolute Gasteiger partial charge is 0.410 e. The summed E-state index contributed by atoms with van der Waals surface area (Å²) in [4.78, 5) is 23.7. The summed E-state index contributed by atoms with van der Waals surface area (Å²) >= 11 is 0. The van der Waals surface area contributed by atoms with Crippen LogP contribution in [0.25, 0.3) is 0 Å². The zero-order chi connectivity index (χ0) is 13.1. The number of carboxylic acid groups (broad SMARTS) is 1. The average Bonchev–Trinajstić information content (AvgIpc) is 2.60.